The number of aromatic nitrogens is 1. The zero-order chi connectivity index (χ0) is 19.8. The van der Waals surface area contributed by atoms with Crippen LogP contribution in [0.5, 0.6) is 0 Å². The van der Waals surface area contributed by atoms with Crippen LogP contribution in [0.4, 0.5) is 4.39 Å². The van der Waals surface area contributed by atoms with Gasteiger partial charge in [-0.05, 0) is 52.3 Å². The second-order valence-corrected chi connectivity index (χ2v) is 7.42. The van der Waals surface area contributed by atoms with Gasteiger partial charge in [-0.2, -0.15) is 0 Å². The Labute approximate surface area is 162 Å². The predicted octanol–water partition coefficient (Wildman–Crippen LogP) is 4.18. The van der Waals surface area contributed by atoms with Gasteiger partial charge in [-0.15, -0.1) is 0 Å². The van der Waals surface area contributed by atoms with Crippen LogP contribution < -0.4 is 5.32 Å². The number of H-pyrrole nitrogens is 1. The van der Waals surface area contributed by atoms with Crippen LogP contribution >= 0.6 is 23.2 Å². The normalized spacial score (nSPS) is 13.5. The van der Waals surface area contributed by atoms with Crippen LogP contribution in [0.25, 0.3) is 0 Å². The van der Waals surface area contributed by atoms with Gasteiger partial charge in [-0.25, -0.2) is 4.39 Å². The second-order valence-electron chi connectivity index (χ2n) is 6.60. The molecule has 2 aromatic rings. The van der Waals surface area contributed by atoms with E-state index in [0.717, 1.165) is 0 Å². The molecule has 0 unspecified atom stereocenters. The van der Waals surface area contributed by atoms with E-state index in [4.69, 9.17) is 23.2 Å². The summed E-state index contributed by atoms with van der Waals surface area (Å²) in [5.41, 5.74) is 2.88. The Balaban J connectivity index is 2.24. The maximum atomic E-state index is 13.7. The minimum atomic E-state index is -0.549. The number of aryl methyl sites for hydroxylation is 1. The summed E-state index contributed by atoms with van der Waals surface area (Å²) in [5.74, 6) is -0.758. The molecule has 0 fully saturated rings. The Hall–Kier alpha value is -1.69. The Morgan fingerprint density at radius 2 is 1.77 bits per heavy atom. The Bertz CT molecular complexity index is 877. The van der Waals surface area contributed by atoms with E-state index in [1.165, 1.54) is 19.1 Å². The molecule has 0 amide bonds. The number of ketones is 2. The van der Waals surface area contributed by atoms with E-state index in [1.807, 2.05) is 6.92 Å². The van der Waals surface area contributed by atoms with Crippen LogP contribution in [0.2, 0.25) is 10.0 Å². The topological polar surface area (TPSA) is 66.5 Å². The molecular formula is C19H22Cl2FN2O2+. The lowest BCUT2D eigenvalue weighted by molar-refractivity contribution is -0.709. The summed E-state index contributed by atoms with van der Waals surface area (Å²) in [7, 11) is 0. The van der Waals surface area contributed by atoms with Crippen LogP contribution in [0.3, 0.4) is 0 Å². The highest BCUT2D eigenvalue weighted by atomic mass is 35.5. The zero-order valence-electron chi connectivity index (χ0n) is 15.3. The van der Waals surface area contributed by atoms with Crippen LogP contribution in [-0.2, 0) is 0 Å². The Morgan fingerprint density at radius 1 is 1.15 bits per heavy atom. The molecule has 26 heavy (non-hydrogen) atoms. The average Bonchev–Trinajstić information content (AvgIpc) is 2.84. The Morgan fingerprint density at radius 3 is 2.31 bits per heavy atom. The van der Waals surface area contributed by atoms with E-state index in [2.05, 4.69) is 4.98 Å². The van der Waals surface area contributed by atoms with E-state index >= 15 is 0 Å². The molecule has 4 nitrogen and oxygen atoms in total. The lowest BCUT2D eigenvalue weighted by Gasteiger charge is -2.17. The summed E-state index contributed by atoms with van der Waals surface area (Å²) < 4.78 is 13.7. The third kappa shape index (κ3) is 4.00. The third-order valence-corrected chi connectivity index (χ3v) is 5.17. The quantitative estimate of drug-likeness (QED) is 0.565. The average molecular weight is 400 g/mol. The molecule has 7 heteroatoms. The molecule has 0 saturated heterocycles. The number of hydrogen-bond donors (Lipinski definition) is 2. The van der Waals surface area contributed by atoms with Crippen molar-refractivity contribution in [2.24, 2.45) is 0 Å². The lowest BCUT2D eigenvalue weighted by atomic mass is 10.0. The number of benzene rings is 1. The van der Waals surface area contributed by atoms with Crippen LogP contribution in [0.1, 0.15) is 64.5 Å². The van der Waals surface area contributed by atoms with Crippen molar-refractivity contribution in [1.82, 2.24) is 4.98 Å². The van der Waals surface area contributed by atoms with Crippen molar-refractivity contribution in [2.45, 2.75) is 46.7 Å². The van der Waals surface area contributed by atoms with E-state index in [-0.39, 0.29) is 22.6 Å². The molecule has 2 rings (SSSR count). The molecule has 0 radical (unpaired) electrons. The molecule has 140 valence electrons. The molecule has 1 aromatic carbocycles. The Kier molecular flexibility index (Phi) is 6.27. The summed E-state index contributed by atoms with van der Waals surface area (Å²) in [5, 5.41) is 2.12. The molecule has 0 aliphatic heterocycles. The van der Waals surface area contributed by atoms with Gasteiger partial charge in [0.1, 0.15) is 17.9 Å². The van der Waals surface area contributed by atoms with Crippen molar-refractivity contribution < 1.29 is 19.3 Å². The largest absolute Gasteiger partial charge is 0.355 e. The smallest absolute Gasteiger partial charge is 0.235 e. The van der Waals surface area contributed by atoms with Gasteiger partial charge in [0.15, 0.2) is 5.78 Å². The molecule has 2 atom stereocenters. The standard InChI is InChI=1S/C19H21Cl2FN2O2/c1-8-17(12(5)25)10(3)24-18(8)19(26)11(4)23-9(2)13-6-16(22)15(21)7-14(13)20/h6-7,9,11,23-24H,1-5H3/p+1/t9-,11-/m1/s1. The van der Waals surface area contributed by atoms with Gasteiger partial charge in [0.05, 0.1) is 15.7 Å². The molecule has 1 heterocycles. The number of Topliss-reactive ketones (excluding diaryl/α,β-unsaturated/α-hetero) is 2. The summed E-state index contributed by atoms with van der Waals surface area (Å²) in [6, 6.07) is 1.96. The maximum absolute atomic E-state index is 13.7. The van der Waals surface area contributed by atoms with Gasteiger partial charge in [-0.3, -0.25) is 9.59 Å². The van der Waals surface area contributed by atoms with E-state index in [0.29, 0.717) is 33.1 Å². The minimum absolute atomic E-state index is 0.0377. The zero-order valence-corrected chi connectivity index (χ0v) is 16.8. The highest BCUT2D eigenvalue weighted by Crippen LogP contribution is 2.27. The monoisotopic (exact) mass is 399 g/mol. The molecule has 0 spiro atoms. The SMILES string of the molecule is CC(=O)c1c(C)[nH]c(C(=O)[C@@H](C)[NH2+][C@H](C)c2cc(F)c(Cl)cc2Cl)c1C. The number of nitrogens with two attached hydrogens (primary N) is 1. The second kappa shape index (κ2) is 7.91. The number of aromatic amines is 1. The number of quaternary nitrogens is 1. The molecule has 3 N–H and O–H groups in total. The summed E-state index contributed by atoms with van der Waals surface area (Å²) in [4.78, 5) is 27.6. The predicted molar refractivity (Wildman–Crippen MR) is 101 cm³/mol. The minimum Gasteiger partial charge on any atom is -0.355 e. The molecule has 0 aliphatic rings. The van der Waals surface area contributed by atoms with Gasteiger partial charge in [0.2, 0.25) is 5.78 Å². The number of rotatable bonds is 6. The first-order chi connectivity index (χ1) is 12.0. The highest BCUT2D eigenvalue weighted by Gasteiger charge is 2.28. The van der Waals surface area contributed by atoms with Crippen molar-refractivity contribution in [3.8, 4) is 0 Å². The molecule has 1 aromatic heterocycles. The maximum Gasteiger partial charge on any atom is 0.235 e. The van der Waals surface area contributed by atoms with E-state index < -0.39 is 11.9 Å². The molecule has 0 bridgehead atoms. The molecule has 0 aliphatic carbocycles. The first kappa shape index (κ1) is 20.6. The van der Waals surface area contributed by atoms with Gasteiger partial charge in [-0.1, -0.05) is 23.2 Å². The number of hydrogen-bond acceptors (Lipinski definition) is 2. The lowest BCUT2D eigenvalue weighted by Crippen LogP contribution is -2.91. The van der Waals surface area contributed by atoms with Crippen LogP contribution in [0, 0.1) is 19.7 Å². The van der Waals surface area contributed by atoms with Crippen LogP contribution in [-0.4, -0.2) is 22.6 Å². The first-order valence-electron chi connectivity index (χ1n) is 8.28. The van der Waals surface area contributed by atoms with Crippen molar-refractivity contribution >= 4 is 34.8 Å². The number of carbonyl (C=O) groups excluding carboxylic acids is 2. The van der Waals surface area contributed by atoms with Crippen molar-refractivity contribution in [3.05, 3.63) is 56.1 Å². The van der Waals surface area contributed by atoms with Gasteiger partial charge < -0.3 is 10.3 Å². The fourth-order valence-corrected chi connectivity index (χ4v) is 3.82. The summed E-state index contributed by atoms with van der Waals surface area (Å²) >= 11 is 11.9. The van der Waals surface area contributed by atoms with Gasteiger partial charge >= 0.3 is 0 Å². The van der Waals surface area contributed by atoms with Gasteiger partial charge in [0.25, 0.3) is 0 Å². The number of halogens is 3. The van der Waals surface area contributed by atoms with Crippen molar-refractivity contribution in [2.75, 3.05) is 0 Å². The van der Waals surface area contributed by atoms with Crippen molar-refractivity contribution in [1.29, 1.82) is 0 Å². The fraction of sp³-hybridized carbons (Fsp3) is 0.368. The molecule has 0 saturated carbocycles. The van der Waals surface area contributed by atoms with Crippen LogP contribution in [0.15, 0.2) is 12.1 Å². The third-order valence-electron chi connectivity index (χ3n) is 4.56. The highest BCUT2D eigenvalue weighted by molar-refractivity contribution is 6.35. The van der Waals surface area contributed by atoms with E-state index in [1.54, 1.807) is 26.1 Å². The fourth-order valence-electron chi connectivity index (χ4n) is 3.26. The van der Waals surface area contributed by atoms with E-state index in [9.17, 15) is 14.0 Å². The van der Waals surface area contributed by atoms with Gasteiger partial charge in [0, 0.05) is 16.8 Å². The molecular weight excluding hydrogens is 378 g/mol. The summed E-state index contributed by atoms with van der Waals surface area (Å²) in [6.45, 7) is 8.61. The number of carbonyl (C=O) groups is 2. The number of nitrogens with one attached hydrogen (secondary N) is 1. The van der Waals surface area contributed by atoms with Crippen molar-refractivity contribution in [3.63, 3.8) is 0 Å². The first-order valence-corrected chi connectivity index (χ1v) is 9.03. The summed E-state index contributed by atoms with van der Waals surface area (Å²) in [6.07, 6.45) is 0.